The number of rotatable bonds is 2. The number of allylic oxidation sites excluding steroid dienone is 1. The van der Waals surface area contributed by atoms with Crippen molar-refractivity contribution in [1.82, 2.24) is 0 Å². The molecule has 0 aliphatic carbocycles. The third-order valence-electron chi connectivity index (χ3n) is 0.263. The van der Waals surface area contributed by atoms with Crippen LogP contribution in [0.2, 0.25) is 0 Å². The zero-order valence-corrected chi connectivity index (χ0v) is 3.48. The Labute approximate surface area is 38.7 Å². The number of hydrogen-bond acceptors (Lipinski definition) is 1. The van der Waals surface area contributed by atoms with E-state index in [4.69, 9.17) is 0 Å². The Balaban J connectivity index is 0. The van der Waals surface area contributed by atoms with Crippen molar-refractivity contribution in [2.75, 3.05) is 0 Å². The van der Waals surface area contributed by atoms with Gasteiger partial charge in [0.15, 0.2) is 0 Å². The van der Waals surface area contributed by atoms with E-state index >= 15 is 0 Å². The van der Waals surface area contributed by atoms with Gasteiger partial charge < -0.3 is 4.79 Å². The van der Waals surface area contributed by atoms with Crippen LogP contribution in [0.15, 0.2) is 12.7 Å². The molecule has 0 bridgehead atoms. The molecule has 4 radical (unpaired) electrons. The largest absolute Gasteiger partial charge is 0.303 e. The summed E-state index contributed by atoms with van der Waals surface area (Å²) >= 11 is 0. The average molecular weight is 82.1 g/mol. The number of carbonyl (C=O) groups excluding carboxylic acids is 1. The minimum atomic E-state index is 0. The molecule has 0 aromatic carbocycles. The first kappa shape index (κ1) is 9.05. The second-order valence-electron chi connectivity index (χ2n) is 0.691. The van der Waals surface area contributed by atoms with Gasteiger partial charge in [-0.3, -0.25) is 0 Å². The van der Waals surface area contributed by atoms with E-state index in [2.05, 4.69) is 6.58 Å². The van der Waals surface area contributed by atoms with Gasteiger partial charge in [-0.15, -0.1) is 6.58 Å². The maximum absolute atomic E-state index is 9.33. The summed E-state index contributed by atoms with van der Waals surface area (Å²) in [7, 11) is 0. The summed E-state index contributed by atoms with van der Waals surface area (Å²) in [4.78, 5) is 9.33. The lowest BCUT2D eigenvalue weighted by atomic mass is 10.5. The van der Waals surface area contributed by atoms with Gasteiger partial charge in [-0.25, -0.2) is 0 Å². The summed E-state index contributed by atoms with van der Waals surface area (Å²) in [6.45, 7) is 3.32. The monoisotopic (exact) mass is 82.0 g/mol. The Hall–Kier alpha value is -0.590. The first-order chi connectivity index (χ1) is 2.41. The molecule has 0 N–H and O–H groups in total. The zero-order valence-electron chi connectivity index (χ0n) is 3.48. The molecule has 0 aliphatic rings. The summed E-state index contributed by atoms with van der Waals surface area (Å²) < 4.78 is 0. The van der Waals surface area contributed by atoms with Crippen molar-refractivity contribution < 1.29 is 4.79 Å². The topological polar surface area (TPSA) is 17.1 Å². The van der Waals surface area contributed by atoms with Gasteiger partial charge in [-0.1, -0.05) is 6.08 Å². The molecule has 0 aromatic heterocycles. The second kappa shape index (κ2) is 8.83. The fourth-order valence-corrected chi connectivity index (χ4v) is 0.0680. The predicted octanol–water partition coefficient (Wildman–Crippen LogP) is 0.843. The summed E-state index contributed by atoms with van der Waals surface area (Å²) in [5.41, 5.74) is 0. The molecule has 1 heteroatoms. The first-order valence-corrected chi connectivity index (χ1v) is 1.46. The fraction of sp³-hybridized carbons (Fsp3) is 0.200. The van der Waals surface area contributed by atoms with Crippen molar-refractivity contribution in [1.29, 1.82) is 0 Å². The Kier molecular flexibility index (Phi) is 13.3. The molecule has 0 saturated heterocycles. The molecule has 0 amide bonds. The quantitative estimate of drug-likeness (QED) is 0.356. The lowest BCUT2D eigenvalue weighted by Gasteiger charge is -1.59. The van der Waals surface area contributed by atoms with Gasteiger partial charge in [0.1, 0.15) is 6.29 Å². The van der Waals surface area contributed by atoms with E-state index in [0.717, 1.165) is 6.29 Å². The summed E-state index contributed by atoms with van der Waals surface area (Å²) in [5.74, 6) is 0. The normalized spacial score (nSPS) is 5.33. The third-order valence-corrected chi connectivity index (χ3v) is 0.263. The molecular formula is C5H6O. The molecule has 0 spiro atoms. The fourth-order valence-electron chi connectivity index (χ4n) is 0.0680. The highest BCUT2D eigenvalue weighted by molar-refractivity contribution is 5.51. The summed E-state index contributed by atoms with van der Waals surface area (Å²) in [6, 6.07) is 0. The van der Waals surface area contributed by atoms with E-state index in [0.29, 0.717) is 6.42 Å². The molecule has 0 rings (SSSR count). The second-order valence-corrected chi connectivity index (χ2v) is 0.691. The minimum absolute atomic E-state index is 0. The van der Waals surface area contributed by atoms with Crippen LogP contribution in [-0.4, -0.2) is 6.29 Å². The van der Waals surface area contributed by atoms with Crippen LogP contribution in [0.3, 0.4) is 0 Å². The van der Waals surface area contributed by atoms with Crippen molar-refractivity contribution in [3.05, 3.63) is 20.1 Å². The number of aldehydes is 1. The van der Waals surface area contributed by atoms with Crippen LogP contribution in [0.1, 0.15) is 6.42 Å². The Morgan fingerprint density at radius 3 is 2.17 bits per heavy atom. The summed E-state index contributed by atoms with van der Waals surface area (Å²) in [6.07, 6.45) is 2.85. The highest BCUT2D eigenvalue weighted by Crippen LogP contribution is 1.64. The summed E-state index contributed by atoms with van der Waals surface area (Å²) in [5, 5.41) is 0. The Morgan fingerprint density at radius 1 is 1.67 bits per heavy atom. The molecule has 1 nitrogen and oxygen atoms in total. The Morgan fingerprint density at radius 2 is 2.17 bits per heavy atom. The van der Waals surface area contributed by atoms with Gasteiger partial charge >= 0.3 is 0 Å². The highest BCUT2D eigenvalue weighted by Gasteiger charge is 1.59. The zero-order chi connectivity index (χ0) is 4.12. The maximum Gasteiger partial charge on any atom is 0.123 e. The molecule has 32 valence electrons. The van der Waals surface area contributed by atoms with Crippen molar-refractivity contribution in [2.45, 2.75) is 6.42 Å². The number of carbonyl (C=O) groups is 1. The standard InChI is InChI=1S/C4H6O.C/c1-2-3-4-5;/h2,4H,1,3H2;. The van der Waals surface area contributed by atoms with Crippen LogP contribution in [0.4, 0.5) is 0 Å². The minimum Gasteiger partial charge on any atom is -0.303 e. The van der Waals surface area contributed by atoms with Crippen molar-refractivity contribution in [3.8, 4) is 0 Å². The van der Waals surface area contributed by atoms with Crippen molar-refractivity contribution in [3.63, 3.8) is 0 Å². The van der Waals surface area contributed by atoms with Crippen molar-refractivity contribution in [2.24, 2.45) is 0 Å². The smallest absolute Gasteiger partial charge is 0.123 e. The third kappa shape index (κ3) is 9.96. The molecular weight excluding hydrogens is 76.1 g/mol. The van der Waals surface area contributed by atoms with Crippen molar-refractivity contribution >= 4 is 6.29 Å². The van der Waals surface area contributed by atoms with Crippen LogP contribution in [0, 0.1) is 7.43 Å². The van der Waals surface area contributed by atoms with Crippen LogP contribution < -0.4 is 0 Å². The molecule has 0 unspecified atom stereocenters. The molecule has 0 atom stereocenters. The van der Waals surface area contributed by atoms with Gasteiger partial charge in [0.05, 0.1) is 0 Å². The van der Waals surface area contributed by atoms with Gasteiger partial charge in [0.25, 0.3) is 0 Å². The molecule has 0 fully saturated rings. The van der Waals surface area contributed by atoms with Gasteiger partial charge in [0, 0.05) is 13.8 Å². The van der Waals surface area contributed by atoms with Crippen LogP contribution in [0.5, 0.6) is 0 Å². The van der Waals surface area contributed by atoms with E-state index < -0.39 is 0 Å². The molecule has 0 aromatic rings. The van der Waals surface area contributed by atoms with E-state index in [1.165, 1.54) is 0 Å². The molecule has 0 aliphatic heterocycles. The first-order valence-electron chi connectivity index (χ1n) is 1.46. The van der Waals surface area contributed by atoms with E-state index in [-0.39, 0.29) is 7.43 Å². The lowest BCUT2D eigenvalue weighted by Crippen LogP contribution is -1.59. The SMILES string of the molecule is C=CCC=O.[C]. The van der Waals surface area contributed by atoms with E-state index in [9.17, 15) is 4.79 Å². The number of hydrogen-bond donors (Lipinski definition) is 0. The van der Waals surface area contributed by atoms with Crippen LogP contribution in [-0.2, 0) is 4.79 Å². The average Bonchev–Trinajstić information content (AvgIpc) is 1.41. The van der Waals surface area contributed by atoms with Gasteiger partial charge in [0.2, 0.25) is 0 Å². The van der Waals surface area contributed by atoms with E-state index in [1.807, 2.05) is 0 Å². The molecule has 6 heavy (non-hydrogen) atoms. The van der Waals surface area contributed by atoms with Gasteiger partial charge in [-0.05, 0) is 0 Å². The lowest BCUT2D eigenvalue weighted by molar-refractivity contribution is -0.107. The maximum atomic E-state index is 9.33. The molecule has 0 saturated carbocycles. The van der Waals surface area contributed by atoms with Crippen LogP contribution >= 0.6 is 0 Å². The predicted molar refractivity (Wildman–Crippen MR) is 24.1 cm³/mol. The molecule has 0 heterocycles. The highest BCUT2D eigenvalue weighted by atomic mass is 16.1. The van der Waals surface area contributed by atoms with E-state index in [1.54, 1.807) is 6.08 Å². The van der Waals surface area contributed by atoms with Crippen LogP contribution in [0.25, 0.3) is 0 Å². The van der Waals surface area contributed by atoms with Gasteiger partial charge in [-0.2, -0.15) is 0 Å². The Bertz CT molecular complexity index is 33.2.